The van der Waals surface area contributed by atoms with Crippen LogP contribution in [0.5, 0.6) is 0 Å². The fourth-order valence-electron chi connectivity index (χ4n) is 1.51. The number of hydrogen-bond donors (Lipinski definition) is 1. The van der Waals surface area contributed by atoms with Gasteiger partial charge in [0, 0.05) is 31.1 Å². The summed E-state index contributed by atoms with van der Waals surface area (Å²) in [6.07, 6.45) is 6.82. The molecule has 0 radical (unpaired) electrons. The summed E-state index contributed by atoms with van der Waals surface area (Å²) >= 11 is 5.52. The average molecular weight is 217 g/mol. The van der Waals surface area contributed by atoms with E-state index in [0.717, 1.165) is 19.1 Å². The molecule has 0 aromatic rings. The van der Waals surface area contributed by atoms with E-state index in [1.54, 1.807) is 0 Å². The molecule has 0 aromatic heterocycles. The second kappa shape index (κ2) is 6.44. The Morgan fingerprint density at radius 3 is 2.79 bits per heavy atom. The molecule has 1 rings (SSSR count). The highest BCUT2D eigenvalue weighted by atomic mass is 35.5. The lowest BCUT2D eigenvalue weighted by atomic mass is 10.3. The van der Waals surface area contributed by atoms with Gasteiger partial charge in [0.1, 0.15) is 0 Å². The maximum Gasteiger partial charge on any atom is 0.0404 e. The fourth-order valence-corrected chi connectivity index (χ4v) is 1.63. The SMILES string of the molecule is CC(CNC/C=C/CCl)N(C)C1CC1. The molecule has 1 N–H and O–H groups in total. The predicted molar refractivity (Wildman–Crippen MR) is 63.0 cm³/mol. The van der Waals surface area contributed by atoms with Crippen molar-refractivity contribution in [1.29, 1.82) is 0 Å². The molecule has 0 heterocycles. The Bertz CT molecular complexity index is 178. The molecule has 1 aliphatic carbocycles. The summed E-state index contributed by atoms with van der Waals surface area (Å²) in [5.41, 5.74) is 0. The summed E-state index contributed by atoms with van der Waals surface area (Å²) < 4.78 is 0. The summed E-state index contributed by atoms with van der Waals surface area (Å²) in [5.74, 6) is 0.610. The van der Waals surface area contributed by atoms with Gasteiger partial charge in [0.25, 0.3) is 0 Å². The predicted octanol–water partition coefficient (Wildman–Crippen LogP) is 1.85. The smallest absolute Gasteiger partial charge is 0.0404 e. The van der Waals surface area contributed by atoms with E-state index < -0.39 is 0 Å². The monoisotopic (exact) mass is 216 g/mol. The summed E-state index contributed by atoms with van der Waals surface area (Å²) in [4.78, 5) is 2.47. The van der Waals surface area contributed by atoms with Crippen LogP contribution in [0.1, 0.15) is 19.8 Å². The molecule has 0 spiro atoms. The first-order chi connectivity index (χ1) is 6.75. The van der Waals surface area contributed by atoms with Gasteiger partial charge >= 0.3 is 0 Å². The molecule has 2 nitrogen and oxygen atoms in total. The van der Waals surface area contributed by atoms with Gasteiger partial charge in [-0.05, 0) is 26.8 Å². The molecular weight excluding hydrogens is 196 g/mol. The molecule has 82 valence electrons. The Morgan fingerprint density at radius 2 is 2.21 bits per heavy atom. The molecule has 14 heavy (non-hydrogen) atoms. The second-order valence-corrected chi connectivity index (χ2v) is 4.34. The Labute approximate surface area is 92.3 Å². The number of alkyl halides is 1. The Hall–Kier alpha value is -0.0500. The topological polar surface area (TPSA) is 15.3 Å². The highest BCUT2D eigenvalue weighted by Gasteiger charge is 2.28. The number of allylic oxidation sites excluding steroid dienone is 1. The second-order valence-electron chi connectivity index (χ2n) is 4.03. The lowest BCUT2D eigenvalue weighted by molar-refractivity contribution is 0.243. The summed E-state index contributed by atoms with van der Waals surface area (Å²) in [6.45, 7) is 4.26. The molecule has 0 aliphatic heterocycles. The van der Waals surface area contributed by atoms with Crippen LogP contribution in [0.3, 0.4) is 0 Å². The van der Waals surface area contributed by atoms with Crippen LogP contribution in [-0.4, -0.2) is 43.0 Å². The standard InChI is InChI=1S/C11H21ClN2/c1-10(14(2)11-5-6-11)9-13-8-4-3-7-12/h3-4,10-11,13H,5-9H2,1-2H3/b4-3+. The molecule has 0 aromatic carbocycles. The minimum absolute atomic E-state index is 0.610. The van der Waals surface area contributed by atoms with Crippen molar-refractivity contribution in [3.05, 3.63) is 12.2 Å². The molecule has 0 saturated heterocycles. The van der Waals surface area contributed by atoms with Gasteiger partial charge in [-0.15, -0.1) is 11.6 Å². The van der Waals surface area contributed by atoms with Crippen LogP contribution in [0.15, 0.2) is 12.2 Å². The van der Waals surface area contributed by atoms with Gasteiger partial charge in [0.2, 0.25) is 0 Å². The van der Waals surface area contributed by atoms with Gasteiger partial charge < -0.3 is 5.32 Å². The highest BCUT2D eigenvalue weighted by molar-refractivity contribution is 6.18. The van der Waals surface area contributed by atoms with E-state index in [2.05, 4.69) is 30.3 Å². The van der Waals surface area contributed by atoms with Crippen molar-refractivity contribution >= 4 is 11.6 Å². The van der Waals surface area contributed by atoms with Gasteiger partial charge in [-0.1, -0.05) is 12.2 Å². The number of nitrogens with one attached hydrogen (secondary N) is 1. The zero-order valence-corrected chi connectivity index (χ0v) is 9.93. The van der Waals surface area contributed by atoms with E-state index in [-0.39, 0.29) is 0 Å². The van der Waals surface area contributed by atoms with Gasteiger partial charge in [0.15, 0.2) is 0 Å². The summed E-state index contributed by atoms with van der Waals surface area (Å²) in [5, 5.41) is 3.40. The first-order valence-electron chi connectivity index (χ1n) is 5.39. The van der Waals surface area contributed by atoms with Crippen molar-refractivity contribution in [2.24, 2.45) is 0 Å². The summed E-state index contributed by atoms with van der Waals surface area (Å²) in [7, 11) is 2.22. The van der Waals surface area contributed by atoms with Gasteiger partial charge in [-0.25, -0.2) is 0 Å². The van der Waals surface area contributed by atoms with E-state index in [4.69, 9.17) is 11.6 Å². The maximum atomic E-state index is 5.52. The Kier molecular flexibility index (Phi) is 5.53. The van der Waals surface area contributed by atoms with Crippen LogP contribution in [0.2, 0.25) is 0 Å². The van der Waals surface area contributed by atoms with E-state index in [9.17, 15) is 0 Å². The lowest BCUT2D eigenvalue weighted by Gasteiger charge is -2.24. The Morgan fingerprint density at radius 1 is 1.50 bits per heavy atom. The third kappa shape index (κ3) is 4.45. The molecular formula is C11H21ClN2. The van der Waals surface area contributed by atoms with E-state index in [1.807, 2.05) is 6.08 Å². The molecule has 1 fully saturated rings. The normalized spacial score (nSPS) is 19.4. The number of rotatable bonds is 7. The minimum Gasteiger partial charge on any atom is -0.312 e. The van der Waals surface area contributed by atoms with Crippen LogP contribution in [0.4, 0.5) is 0 Å². The van der Waals surface area contributed by atoms with Gasteiger partial charge in [-0.3, -0.25) is 4.90 Å². The van der Waals surface area contributed by atoms with Gasteiger partial charge in [0.05, 0.1) is 0 Å². The number of likely N-dealkylation sites (N-methyl/N-ethyl adjacent to an activating group) is 1. The van der Waals surface area contributed by atoms with Crippen LogP contribution in [-0.2, 0) is 0 Å². The van der Waals surface area contributed by atoms with E-state index in [1.165, 1.54) is 12.8 Å². The number of halogens is 1. The third-order valence-electron chi connectivity index (χ3n) is 2.78. The molecule has 1 atom stereocenters. The third-order valence-corrected chi connectivity index (χ3v) is 2.95. The van der Waals surface area contributed by atoms with Crippen molar-refractivity contribution in [3.8, 4) is 0 Å². The van der Waals surface area contributed by atoms with Crippen molar-refractivity contribution in [3.63, 3.8) is 0 Å². The molecule has 0 amide bonds. The maximum absolute atomic E-state index is 5.52. The summed E-state index contributed by atoms with van der Waals surface area (Å²) in [6, 6.07) is 1.48. The number of nitrogens with zero attached hydrogens (tertiary/aromatic N) is 1. The highest BCUT2D eigenvalue weighted by Crippen LogP contribution is 2.26. The van der Waals surface area contributed by atoms with Crippen molar-refractivity contribution in [2.75, 3.05) is 26.0 Å². The molecule has 1 saturated carbocycles. The fraction of sp³-hybridized carbons (Fsp3) is 0.818. The van der Waals surface area contributed by atoms with Crippen molar-refractivity contribution < 1.29 is 0 Å². The average Bonchev–Trinajstić information content (AvgIpc) is 2.99. The zero-order chi connectivity index (χ0) is 10.4. The largest absolute Gasteiger partial charge is 0.312 e. The minimum atomic E-state index is 0.610. The number of hydrogen-bond acceptors (Lipinski definition) is 2. The first kappa shape index (κ1) is 12.0. The van der Waals surface area contributed by atoms with Crippen LogP contribution < -0.4 is 5.32 Å². The van der Waals surface area contributed by atoms with Crippen LogP contribution in [0, 0.1) is 0 Å². The van der Waals surface area contributed by atoms with Crippen LogP contribution in [0.25, 0.3) is 0 Å². The Balaban J connectivity index is 2.02. The van der Waals surface area contributed by atoms with Gasteiger partial charge in [-0.2, -0.15) is 0 Å². The van der Waals surface area contributed by atoms with Crippen molar-refractivity contribution in [2.45, 2.75) is 31.8 Å². The molecule has 0 bridgehead atoms. The molecule has 1 aliphatic rings. The molecule has 3 heteroatoms. The lowest BCUT2D eigenvalue weighted by Crippen LogP contribution is -2.39. The van der Waals surface area contributed by atoms with Crippen LogP contribution >= 0.6 is 11.6 Å². The molecule has 1 unspecified atom stereocenters. The van der Waals surface area contributed by atoms with E-state index in [0.29, 0.717) is 11.9 Å². The quantitative estimate of drug-likeness (QED) is 0.397. The first-order valence-corrected chi connectivity index (χ1v) is 5.92. The van der Waals surface area contributed by atoms with E-state index >= 15 is 0 Å². The zero-order valence-electron chi connectivity index (χ0n) is 9.17. The van der Waals surface area contributed by atoms with Crippen molar-refractivity contribution in [1.82, 2.24) is 10.2 Å².